The molecule has 0 spiro atoms. The maximum Gasteiger partial charge on any atom is 0.0270 e. The van der Waals surface area contributed by atoms with E-state index in [-0.39, 0.29) is 0 Å². The maximum atomic E-state index is 4.09. The quantitative estimate of drug-likeness (QED) is 0.700. The van der Waals surface area contributed by atoms with Gasteiger partial charge < -0.3 is 0 Å². The summed E-state index contributed by atoms with van der Waals surface area (Å²) in [5, 5.41) is 0. The minimum absolute atomic E-state index is 0.702. The zero-order valence-electron chi connectivity index (χ0n) is 10.4. The lowest BCUT2D eigenvalue weighted by Crippen LogP contribution is -2.06. The van der Waals surface area contributed by atoms with E-state index in [1.54, 1.807) is 0 Å². The molecule has 0 amide bonds. The summed E-state index contributed by atoms with van der Waals surface area (Å²) in [5.41, 5.74) is 1.45. The summed E-state index contributed by atoms with van der Waals surface area (Å²) in [5.74, 6) is 2.23. The Morgan fingerprint density at radius 1 is 0.933 bits per heavy atom. The van der Waals surface area contributed by atoms with Crippen LogP contribution in [-0.2, 0) is 0 Å². The SMILES string of the molecule is CC(C)CC(CC(C)C)c1ccncc1. The molecule has 1 heterocycles. The van der Waals surface area contributed by atoms with Crippen LogP contribution >= 0.6 is 0 Å². The molecule has 1 heteroatoms. The van der Waals surface area contributed by atoms with E-state index in [4.69, 9.17) is 0 Å². The van der Waals surface area contributed by atoms with Crippen molar-refractivity contribution in [1.82, 2.24) is 4.98 Å². The van der Waals surface area contributed by atoms with Gasteiger partial charge in [-0.15, -0.1) is 0 Å². The van der Waals surface area contributed by atoms with Gasteiger partial charge in [-0.25, -0.2) is 0 Å². The van der Waals surface area contributed by atoms with Crippen molar-refractivity contribution in [3.63, 3.8) is 0 Å². The van der Waals surface area contributed by atoms with E-state index in [9.17, 15) is 0 Å². The lowest BCUT2D eigenvalue weighted by molar-refractivity contribution is 0.423. The predicted octanol–water partition coefficient (Wildman–Crippen LogP) is 4.26. The van der Waals surface area contributed by atoms with Gasteiger partial charge in [0.15, 0.2) is 0 Å². The molecule has 0 unspecified atom stereocenters. The van der Waals surface area contributed by atoms with Gasteiger partial charge in [-0.3, -0.25) is 4.98 Å². The normalized spacial score (nSPS) is 11.7. The molecule has 1 nitrogen and oxygen atoms in total. The molecule has 15 heavy (non-hydrogen) atoms. The molecule has 84 valence electrons. The van der Waals surface area contributed by atoms with Crippen LogP contribution in [0.4, 0.5) is 0 Å². The minimum atomic E-state index is 0.702. The average Bonchev–Trinajstić information content (AvgIpc) is 2.17. The van der Waals surface area contributed by atoms with Gasteiger partial charge in [0.1, 0.15) is 0 Å². The summed E-state index contributed by atoms with van der Waals surface area (Å²) in [6.07, 6.45) is 6.37. The van der Waals surface area contributed by atoms with Crippen molar-refractivity contribution in [2.24, 2.45) is 11.8 Å². The van der Waals surface area contributed by atoms with Crippen LogP contribution in [0.25, 0.3) is 0 Å². The standard InChI is InChI=1S/C14H23N/c1-11(2)9-14(10-12(3)4)13-5-7-15-8-6-13/h5-8,11-12,14H,9-10H2,1-4H3. The molecule has 0 aliphatic rings. The highest BCUT2D eigenvalue weighted by Crippen LogP contribution is 2.29. The van der Waals surface area contributed by atoms with Crippen molar-refractivity contribution in [2.75, 3.05) is 0 Å². The average molecular weight is 205 g/mol. The highest BCUT2D eigenvalue weighted by Gasteiger charge is 2.14. The first-order valence-corrected chi connectivity index (χ1v) is 5.99. The van der Waals surface area contributed by atoms with E-state index < -0.39 is 0 Å². The van der Waals surface area contributed by atoms with Gasteiger partial charge in [0.05, 0.1) is 0 Å². The monoisotopic (exact) mass is 205 g/mol. The zero-order chi connectivity index (χ0) is 11.3. The molecule has 0 saturated heterocycles. The molecule has 0 aliphatic heterocycles. The molecule has 0 atom stereocenters. The second-order valence-electron chi connectivity index (χ2n) is 5.24. The van der Waals surface area contributed by atoms with E-state index in [0.717, 1.165) is 11.8 Å². The molecule has 0 aromatic carbocycles. The molecule has 0 fully saturated rings. The number of hydrogen-bond donors (Lipinski definition) is 0. The Hall–Kier alpha value is -0.850. The maximum absolute atomic E-state index is 4.09. The zero-order valence-corrected chi connectivity index (χ0v) is 10.4. The van der Waals surface area contributed by atoms with Crippen molar-refractivity contribution in [3.05, 3.63) is 30.1 Å². The van der Waals surface area contributed by atoms with Gasteiger partial charge in [-0.2, -0.15) is 0 Å². The van der Waals surface area contributed by atoms with Crippen LogP contribution in [0.1, 0.15) is 52.0 Å². The summed E-state index contributed by atoms with van der Waals surface area (Å²) in [6, 6.07) is 4.32. The Morgan fingerprint density at radius 2 is 1.40 bits per heavy atom. The van der Waals surface area contributed by atoms with E-state index in [1.807, 2.05) is 12.4 Å². The molecule has 0 aliphatic carbocycles. The Kier molecular flexibility index (Phi) is 4.80. The Morgan fingerprint density at radius 3 is 1.80 bits per heavy atom. The molecular weight excluding hydrogens is 182 g/mol. The molecule has 0 saturated carbocycles. The number of hydrogen-bond acceptors (Lipinski definition) is 1. The van der Waals surface area contributed by atoms with Crippen LogP contribution in [0.2, 0.25) is 0 Å². The first kappa shape index (κ1) is 12.2. The van der Waals surface area contributed by atoms with Crippen LogP contribution in [0.15, 0.2) is 24.5 Å². The van der Waals surface area contributed by atoms with Crippen LogP contribution in [0.3, 0.4) is 0 Å². The predicted molar refractivity (Wildman–Crippen MR) is 65.9 cm³/mol. The van der Waals surface area contributed by atoms with Gasteiger partial charge >= 0.3 is 0 Å². The van der Waals surface area contributed by atoms with Crippen LogP contribution in [-0.4, -0.2) is 4.98 Å². The number of nitrogens with zero attached hydrogens (tertiary/aromatic N) is 1. The van der Waals surface area contributed by atoms with Crippen molar-refractivity contribution >= 4 is 0 Å². The van der Waals surface area contributed by atoms with E-state index in [2.05, 4.69) is 44.8 Å². The van der Waals surface area contributed by atoms with E-state index in [0.29, 0.717) is 5.92 Å². The van der Waals surface area contributed by atoms with E-state index >= 15 is 0 Å². The third-order valence-corrected chi connectivity index (χ3v) is 2.69. The molecule has 1 rings (SSSR count). The minimum Gasteiger partial charge on any atom is -0.265 e. The third kappa shape index (κ3) is 4.46. The smallest absolute Gasteiger partial charge is 0.0270 e. The second kappa shape index (κ2) is 5.89. The number of pyridine rings is 1. The highest BCUT2D eigenvalue weighted by atomic mass is 14.6. The number of aromatic nitrogens is 1. The molecule has 1 aromatic rings. The first-order valence-electron chi connectivity index (χ1n) is 5.99. The van der Waals surface area contributed by atoms with Gasteiger partial charge in [-0.05, 0) is 48.3 Å². The molecule has 0 radical (unpaired) electrons. The van der Waals surface area contributed by atoms with Crippen molar-refractivity contribution in [1.29, 1.82) is 0 Å². The highest BCUT2D eigenvalue weighted by molar-refractivity contribution is 5.15. The summed E-state index contributed by atoms with van der Waals surface area (Å²) >= 11 is 0. The fraction of sp³-hybridized carbons (Fsp3) is 0.643. The van der Waals surface area contributed by atoms with Gasteiger partial charge in [0.25, 0.3) is 0 Å². The molecule has 0 bridgehead atoms. The summed E-state index contributed by atoms with van der Waals surface area (Å²) in [4.78, 5) is 4.09. The molecular formula is C14H23N. The van der Waals surface area contributed by atoms with Gasteiger partial charge in [0, 0.05) is 12.4 Å². The third-order valence-electron chi connectivity index (χ3n) is 2.69. The number of rotatable bonds is 5. The largest absolute Gasteiger partial charge is 0.265 e. The summed E-state index contributed by atoms with van der Waals surface area (Å²) < 4.78 is 0. The van der Waals surface area contributed by atoms with Crippen LogP contribution in [0, 0.1) is 11.8 Å². The van der Waals surface area contributed by atoms with Crippen LogP contribution in [0.5, 0.6) is 0 Å². The van der Waals surface area contributed by atoms with Gasteiger partial charge in [-0.1, -0.05) is 27.7 Å². The lowest BCUT2D eigenvalue weighted by atomic mass is 9.85. The Labute approximate surface area is 93.9 Å². The van der Waals surface area contributed by atoms with E-state index in [1.165, 1.54) is 18.4 Å². The fourth-order valence-corrected chi connectivity index (χ4v) is 2.14. The lowest BCUT2D eigenvalue weighted by Gasteiger charge is -2.21. The molecule has 0 N–H and O–H groups in total. The fourth-order valence-electron chi connectivity index (χ4n) is 2.14. The van der Waals surface area contributed by atoms with Crippen LogP contribution < -0.4 is 0 Å². The van der Waals surface area contributed by atoms with Crippen molar-refractivity contribution < 1.29 is 0 Å². The molecule has 1 aromatic heterocycles. The first-order chi connectivity index (χ1) is 7.09. The Balaban J connectivity index is 2.72. The van der Waals surface area contributed by atoms with Gasteiger partial charge in [0.2, 0.25) is 0 Å². The second-order valence-corrected chi connectivity index (χ2v) is 5.24. The summed E-state index contributed by atoms with van der Waals surface area (Å²) in [7, 11) is 0. The van der Waals surface area contributed by atoms with Crippen molar-refractivity contribution in [3.8, 4) is 0 Å². The summed E-state index contributed by atoms with van der Waals surface area (Å²) in [6.45, 7) is 9.20. The topological polar surface area (TPSA) is 12.9 Å². The van der Waals surface area contributed by atoms with Crippen molar-refractivity contribution in [2.45, 2.75) is 46.5 Å². The Bertz CT molecular complexity index is 254.